The van der Waals surface area contributed by atoms with Gasteiger partial charge in [-0.1, -0.05) is 45.0 Å². The summed E-state index contributed by atoms with van der Waals surface area (Å²) in [5, 5.41) is 6.94. The second kappa shape index (κ2) is 14.2. The van der Waals surface area contributed by atoms with Crippen LogP contribution >= 0.6 is 24.0 Å². The summed E-state index contributed by atoms with van der Waals surface area (Å²) in [5.74, 6) is 2.13. The lowest BCUT2D eigenvalue weighted by Gasteiger charge is -2.34. The number of rotatable bonds is 9. The Labute approximate surface area is 195 Å². The molecule has 0 radical (unpaired) electrons. The molecule has 0 saturated carbocycles. The first kappa shape index (κ1) is 26.2. The first-order valence-electron chi connectivity index (χ1n) is 10.9. The summed E-state index contributed by atoms with van der Waals surface area (Å²) in [6, 6.07) is 9.05. The van der Waals surface area contributed by atoms with E-state index in [1.54, 1.807) is 0 Å². The molecule has 2 rings (SSSR count). The summed E-state index contributed by atoms with van der Waals surface area (Å²) in [6.07, 6.45) is 2.21. The standard InChI is InChI=1S/C23H41N5.HI/c1-19(2)22-10-8-21(9-11-22)7-6-12-25-23(24-4)26-17-20(3)18-28-15-13-27(5)14-16-28;/h8-11,19-20H,6-7,12-18H2,1-5H3,(H2,24,25,26);1H. The van der Waals surface area contributed by atoms with E-state index in [-0.39, 0.29) is 24.0 Å². The van der Waals surface area contributed by atoms with Crippen molar-refractivity contribution in [1.29, 1.82) is 0 Å². The number of nitrogens with zero attached hydrogens (tertiary/aromatic N) is 3. The molecule has 1 saturated heterocycles. The number of aliphatic imine (C=N–C) groups is 1. The normalized spacial score (nSPS) is 17.1. The van der Waals surface area contributed by atoms with Gasteiger partial charge in [-0.25, -0.2) is 0 Å². The van der Waals surface area contributed by atoms with Gasteiger partial charge in [-0.2, -0.15) is 0 Å². The van der Waals surface area contributed by atoms with Crippen LogP contribution in [0.25, 0.3) is 0 Å². The number of likely N-dealkylation sites (N-methyl/N-ethyl adjacent to an activating group) is 1. The first-order chi connectivity index (χ1) is 13.5. The van der Waals surface area contributed by atoms with Crippen LogP contribution in [0, 0.1) is 5.92 Å². The summed E-state index contributed by atoms with van der Waals surface area (Å²) in [4.78, 5) is 9.35. The number of nitrogens with one attached hydrogen (secondary N) is 2. The van der Waals surface area contributed by atoms with Crippen LogP contribution in [0.1, 0.15) is 44.2 Å². The zero-order chi connectivity index (χ0) is 20.4. The highest BCUT2D eigenvalue weighted by atomic mass is 127. The minimum atomic E-state index is 0. The van der Waals surface area contributed by atoms with Crippen molar-refractivity contribution in [2.75, 3.05) is 59.9 Å². The van der Waals surface area contributed by atoms with Gasteiger partial charge in [0.05, 0.1) is 0 Å². The van der Waals surface area contributed by atoms with Crippen molar-refractivity contribution < 1.29 is 0 Å². The largest absolute Gasteiger partial charge is 0.356 e. The van der Waals surface area contributed by atoms with Crippen LogP contribution < -0.4 is 10.6 Å². The second-order valence-corrected chi connectivity index (χ2v) is 8.59. The molecule has 0 aliphatic carbocycles. The van der Waals surface area contributed by atoms with E-state index in [4.69, 9.17) is 0 Å². The topological polar surface area (TPSA) is 42.9 Å². The number of hydrogen-bond acceptors (Lipinski definition) is 3. The fourth-order valence-corrected chi connectivity index (χ4v) is 3.60. The van der Waals surface area contributed by atoms with Crippen LogP contribution in [0.2, 0.25) is 0 Å². The number of piperazine rings is 1. The Morgan fingerprint density at radius 1 is 1.03 bits per heavy atom. The maximum absolute atomic E-state index is 4.37. The predicted molar refractivity (Wildman–Crippen MR) is 137 cm³/mol. The zero-order valence-electron chi connectivity index (χ0n) is 19.1. The Kier molecular flexibility index (Phi) is 12.8. The highest BCUT2D eigenvalue weighted by Gasteiger charge is 2.16. The molecule has 0 aromatic heterocycles. The van der Waals surface area contributed by atoms with Gasteiger partial charge in [0.25, 0.3) is 0 Å². The minimum absolute atomic E-state index is 0. The van der Waals surface area contributed by atoms with Crippen LogP contribution in [0.4, 0.5) is 0 Å². The lowest BCUT2D eigenvalue weighted by Crippen LogP contribution is -2.47. The maximum Gasteiger partial charge on any atom is 0.190 e. The van der Waals surface area contributed by atoms with Crippen molar-refractivity contribution >= 4 is 29.9 Å². The fraction of sp³-hybridized carbons (Fsp3) is 0.696. The molecule has 1 fully saturated rings. The quantitative estimate of drug-likeness (QED) is 0.229. The van der Waals surface area contributed by atoms with E-state index in [1.807, 2.05) is 7.05 Å². The molecular formula is C23H42IN5. The van der Waals surface area contributed by atoms with Crippen molar-refractivity contribution in [3.05, 3.63) is 35.4 Å². The molecule has 1 aromatic rings. The van der Waals surface area contributed by atoms with E-state index in [0.717, 1.165) is 38.4 Å². The Balaban J connectivity index is 0.00000420. The third kappa shape index (κ3) is 10.1. The maximum atomic E-state index is 4.37. The minimum Gasteiger partial charge on any atom is -0.356 e. The Morgan fingerprint density at radius 2 is 1.69 bits per heavy atom. The van der Waals surface area contributed by atoms with Gasteiger partial charge in [0.2, 0.25) is 0 Å². The van der Waals surface area contributed by atoms with E-state index >= 15 is 0 Å². The van der Waals surface area contributed by atoms with Crippen molar-refractivity contribution in [3.63, 3.8) is 0 Å². The summed E-state index contributed by atoms with van der Waals surface area (Å²) in [7, 11) is 4.06. The van der Waals surface area contributed by atoms with E-state index in [1.165, 1.54) is 37.3 Å². The Bertz CT molecular complexity index is 579. The summed E-state index contributed by atoms with van der Waals surface area (Å²) in [6.45, 7) is 14.6. The number of hydrogen-bond donors (Lipinski definition) is 2. The van der Waals surface area contributed by atoms with Crippen molar-refractivity contribution in [2.24, 2.45) is 10.9 Å². The van der Waals surface area contributed by atoms with Crippen LogP contribution in [0.3, 0.4) is 0 Å². The lowest BCUT2D eigenvalue weighted by atomic mass is 10.0. The van der Waals surface area contributed by atoms with Crippen LogP contribution in [0.15, 0.2) is 29.3 Å². The number of aryl methyl sites for hydroxylation is 1. The molecule has 2 N–H and O–H groups in total. The predicted octanol–water partition coefficient (Wildman–Crippen LogP) is 3.41. The molecule has 1 aliphatic rings. The molecule has 0 amide bonds. The van der Waals surface area contributed by atoms with Gasteiger partial charge >= 0.3 is 0 Å². The van der Waals surface area contributed by atoms with Gasteiger partial charge in [0, 0.05) is 52.9 Å². The second-order valence-electron chi connectivity index (χ2n) is 8.59. The number of guanidine groups is 1. The number of halogens is 1. The first-order valence-corrected chi connectivity index (χ1v) is 10.9. The third-order valence-corrected chi connectivity index (χ3v) is 5.59. The Morgan fingerprint density at radius 3 is 2.28 bits per heavy atom. The van der Waals surface area contributed by atoms with Gasteiger partial charge in [-0.15, -0.1) is 24.0 Å². The van der Waals surface area contributed by atoms with E-state index in [0.29, 0.717) is 11.8 Å². The molecule has 0 bridgehead atoms. The lowest BCUT2D eigenvalue weighted by molar-refractivity contribution is 0.139. The van der Waals surface area contributed by atoms with Gasteiger partial charge in [-0.05, 0) is 42.9 Å². The highest BCUT2D eigenvalue weighted by Crippen LogP contribution is 2.15. The van der Waals surface area contributed by atoms with Gasteiger partial charge < -0.3 is 20.4 Å². The molecule has 1 unspecified atom stereocenters. The van der Waals surface area contributed by atoms with Crippen LogP contribution in [-0.4, -0.2) is 75.7 Å². The SMILES string of the molecule is CN=C(NCCCc1ccc(C(C)C)cc1)NCC(C)CN1CCN(C)CC1.I. The molecular weight excluding hydrogens is 473 g/mol. The third-order valence-electron chi connectivity index (χ3n) is 5.59. The molecule has 5 nitrogen and oxygen atoms in total. The smallest absolute Gasteiger partial charge is 0.190 e. The summed E-state index contributed by atoms with van der Waals surface area (Å²) < 4.78 is 0. The van der Waals surface area contributed by atoms with Gasteiger partial charge in [0.15, 0.2) is 5.96 Å². The average Bonchev–Trinajstić information content (AvgIpc) is 2.69. The van der Waals surface area contributed by atoms with E-state index < -0.39 is 0 Å². The zero-order valence-corrected chi connectivity index (χ0v) is 21.4. The van der Waals surface area contributed by atoms with E-state index in [9.17, 15) is 0 Å². The molecule has 6 heteroatoms. The molecule has 29 heavy (non-hydrogen) atoms. The van der Waals surface area contributed by atoms with Crippen LogP contribution in [-0.2, 0) is 6.42 Å². The highest BCUT2D eigenvalue weighted by molar-refractivity contribution is 14.0. The van der Waals surface area contributed by atoms with Crippen molar-refractivity contribution in [1.82, 2.24) is 20.4 Å². The molecule has 166 valence electrons. The van der Waals surface area contributed by atoms with Crippen molar-refractivity contribution in [3.8, 4) is 0 Å². The summed E-state index contributed by atoms with van der Waals surface area (Å²) >= 11 is 0. The van der Waals surface area contributed by atoms with Gasteiger partial charge in [0.1, 0.15) is 0 Å². The molecule has 1 atom stereocenters. The number of benzene rings is 1. The van der Waals surface area contributed by atoms with Crippen molar-refractivity contribution in [2.45, 2.75) is 39.5 Å². The Hall–Kier alpha value is -0.860. The summed E-state index contributed by atoms with van der Waals surface area (Å²) in [5.41, 5.74) is 2.83. The van der Waals surface area contributed by atoms with Gasteiger partial charge in [-0.3, -0.25) is 4.99 Å². The monoisotopic (exact) mass is 515 g/mol. The molecule has 1 aromatic carbocycles. The molecule has 0 spiro atoms. The fourth-order valence-electron chi connectivity index (χ4n) is 3.60. The average molecular weight is 516 g/mol. The van der Waals surface area contributed by atoms with Crippen LogP contribution in [0.5, 0.6) is 0 Å². The van der Waals surface area contributed by atoms with E-state index in [2.05, 4.69) is 77.5 Å². The molecule has 1 aliphatic heterocycles. The molecule has 1 heterocycles.